The number of esters is 1. The lowest BCUT2D eigenvalue weighted by molar-refractivity contribution is -0.140. The smallest absolute Gasteiger partial charge is 0.462 e. The van der Waals surface area contributed by atoms with Crippen molar-refractivity contribution in [1.29, 1.82) is 0 Å². The fourth-order valence-electron chi connectivity index (χ4n) is 2.14. The lowest BCUT2D eigenvalue weighted by atomic mass is 10.2. The molecule has 0 aromatic heterocycles. The third-order valence-corrected chi connectivity index (χ3v) is 15.4. The molecule has 5 nitrogen and oxygen atoms in total. The molecule has 0 saturated heterocycles. The Kier molecular flexibility index (Phi) is 8.53. The van der Waals surface area contributed by atoms with Crippen LogP contribution in [0.15, 0.2) is 12.2 Å². The lowest BCUT2D eigenvalue weighted by Crippen LogP contribution is -2.66. The van der Waals surface area contributed by atoms with Gasteiger partial charge in [-0.25, -0.2) is 4.79 Å². The molecule has 26 heavy (non-hydrogen) atoms. The van der Waals surface area contributed by atoms with Crippen LogP contribution in [0.4, 0.5) is 0 Å². The SMILES string of the molecule is C=C(C)C(=O)OCC(C)(C)[Si](O[Si](C)(C)C)(O[Si](C)(C)C)O[Si](C)(C)C. The van der Waals surface area contributed by atoms with E-state index in [-0.39, 0.29) is 6.61 Å². The molecule has 0 aromatic rings. The fraction of sp³-hybridized carbons (Fsp3) is 0.824. The zero-order valence-corrected chi connectivity index (χ0v) is 23.0. The minimum atomic E-state index is -3.15. The van der Waals surface area contributed by atoms with Gasteiger partial charge in [0, 0.05) is 5.57 Å². The van der Waals surface area contributed by atoms with Gasteiger partial charge >= 0.3 is 14.8 Å². The number of hydrogen-bond donors (Lipinski definition) is 0. The van der Waals surface area contributed by atoms with Gasteiger partial charge in [0.15, 0.2) is 25.0 Å². The van der Waals surface area contributed by atoms with Gasteiger partial charge in [0.25, 0.3) is 0 Å². The first kappa shape index (κ1) is 26.0. The van der Waals surface area contributed by atoms with Gasteiger partial charge < -0.3 is 17.1 Å². The van der Waals surface area contributed by atoms with E-state index in [1.807, 2.05) is 13.8 Å². The van der Waals surface area contributed by atoms with Gasteiger partial charge in [-0.05, 0) is 65.8 Å². The quantitative estimate of drug-likeness (QED) is 0.261. The van der Waals surface area contributed by atoms with Crippen LogP contribution in [-0.2, 0) is 21.9 Å². The van der Waals surface area contributed by atoms with Crippen molar-refractivity contribution in [3.63, 3.8) is 0 Å². The van der Waals surface area contributed by atoms with E-state index < -0.39 is 44.8 Å². The highest BCUT2D eigenvalue weighted by Crippen LogP contribution is 2.44. The molecule has 0 bridgehead atoms. The fourth-order valence-corrected chi connectivity index (χ4v) is 17.0. The third-order valence-electron chi connectivity index (χ3n) is 3.06. The maximum absolute atomic E-state index is 12.0. The van der Waals surface area contributed by atoms with Gasteiger partial charge in [0.05, 0.1) is 5.04 Å². The summed E-state index contributed by atoms with van der Waals surface area (Å²) in [7, 11) is -9.10. The zero-order valence-electron chi connectivity index (χ0n) is 19.0. The predicted molar refractivity (Wildman–Crippen MR) is 119 cm³/mol. The van der Waals surface area contributed by atoms with Crippen LogP contribution in [0.3, 0.4) is 0 Å². The van der Waals surface area contributed by atoms with E-state index in [0.29, 0.717) is 5.57 Å². The van der Waals surface area contributed by atoms with Gasteiger partial charge in [-0.2, -0.15) is 0 Å². The molecule has 0 spiro atoms. The molecule has 0 rings (SSSR count). The normalized spacial score (nSPS) is 14.3. The molecule has 0 heterocycles. The van der Waals surface area contributed by atoms with Crippen LogP contribution in [0.25, 0.3) is 0 Å². The molecule has 0 N–H and O–H groups in total. The van der Waals surface area contributed by atoms with E-state index in [4.69, 9.17) is 17.1 Å². The lowest BCUT2D eigenvalue weighted by Gasteiger charge is -2.49. The van der Waals surface area contributed by atoms with E-state index in [0.717, 1.165) is 0 Å². The molecule has 0 amide bonds. The average molecular weight is 437 g/mol. The second-order valence-corrected chi connectivity index (χ2v) is 28.0. The monoisotopic (exact) mass is 436 g/mol. The molecule has 0 atom stereocenters. The van der Waals surface area contributed by atoms with E-state index >= 15 is 0 Å². The predicted octanol–water partition coefficient (Wildman–Crippen LogP) is 5.38. The second kappa shape index (κ2) is 8.54. The van der Waals surface area contributed by atoms with E-state index in [1.165, 1.54) is 0 Å². The number of carbonyl (C=O) groups is 1. The van der Waals surface area contributed by atoms with Crippen LogP contribution in [-0.4, -0.2) is 46.3 Å². The first-order valence-corrected chi connectivity index (χ1v) is 21.1. The van der Waals surface area contributed by atoms with Crippen LogP contribution in [0, 0.1) is 0 Å². The van der Waals surface area contributed by atoms with E-state index in [2.05, 4.69) is 65.5 Å². The molecule has 0 radical (unpaired) electrons. The van der Waals surface area contributed by atoms with Crippen LogP contribution in [0.5, 0.6) is 0 Å². The first-order valence-electron chi connectivity index (χ1n) is 9.13. The molecule has 0 aliphatic rings. The van der Waals surface area contributed by atoms with E-state index in [1.54, 1.807) is 6.92 Å². The van der Waals surface area contributed by atoms with Gasteiger partial charge in [-0.15, -0.1) is 0 Å². The topological polar surface area (TPSA) is 54.0 Å². The van der Waals surface area contributed by atoms with Gasteiger partial charge in [0.1, 0.15) is 6.61 Å². The maximum atomic E-state index is 12.0. The van der Waals surface area contributed by atoms with Crippen LogP contribution < -0.4 is 0 Å². The van der Waals surface area contributed by atoms with Crippen LogP contribution >= 0.6 is 0 Å². The molecule has 154 valence electrons. The summed E-state index contributed by atoms with van der Waals surface area (Å²) in [5, 5.41) is -0.557. The van der Waals surface area contributed by atoms with Crippen molar-refractivity contribution in [2.75, 3.05) is 6.61 Å². The Morgan fingerprint density at radius 3 is 1.35 bits per heavy atom. The summed E-state index contributed by atoms with van der Waals surface area (Å²) in [6.07, 6.45) is 0. The molecule has 0 fully saturated rings. The zero-order chi connectivity index (χ0) is 21.2. The summed E-state index contributed by atoms with van der Waals surface area (Å²) < 4.78 is 25.7. The Morgan fingerprint density at radius 1 is 0.808 bits per heavy atom. The van der Waals surface area contributed by atoms with E-state index in [9.17, 15) is 4.79 Å². The summed E-state index contributed by atoms with van der Waals surface area (Å²) in [6, 6.07) is 0. The first-order chi connectivity index (χ1) is 11.2. The summed E-state index contributed by atoms with van der Waals surface area (Å²) in [6.45, 7) is 28.9. The molecule has 0 aliphatic heterocycles. The average Bonchev–Trinajstić information content (AvgIpc) is 2.28. The summed E-state index contributed by atoms with van der Waals surface area (Å²) in [4.78, 5) is 12.0. The Labute approximate surface area is 165 Å². The summed E-state index contributed by atoms with van der Waals surface area (Å²) in [5.41, 5.74) is 0.386. The Morgan fingerprint density at radius 2 is 1.12 bits per heavy atom. The molecule has 0 saturated carbocycles. The third kappa shape index (κ3) is 9.24. The van der Waals surface area contributed by atoms with Gasteiger partial charge in [-0.1, -0.05) is 20.4 Å². The van der Waals surface area contributed by atoms with Crippen molar-refractivity contribution >= 4 is 39.7 Å². The molecular formula is C17H40O5Si4. The highest BCUT2D eigenvalue weighted by Gasteiger charge is 2.61. The standard InChI is InChI=1S/C17H40O5Si4/c1-15(2)16(18)19-14-17(3,4)26(20-23(5,6)7,21-24(8,9)10)22-25(11,12)13/h1,14H2,2-13H3. The van der Waals surface area contributed by atoms with Gasteiger partial charge in [0.2, 0.25) is 0 Å². The number of carbonyl (C=O) groups excluding carboxylic acids is 1. The highest BCUT2D eigenvalue weighted by molar-refractivity contribution is 6.91. The molecule has 0 unspecified atom stereocenters. The number of rotatable bonds is 10. The van der Waals surface area contributed by atoms with Crippen molar-refractivity contribution in [2.24, 2.45) is 0 Å². The van der Waals surface area contributed by atoms with Crippen LogP contribution in [0.2, 0.25) is 64.0 Å². The minimum Gasteiger partial charge on any atom is -0.462 e. The maximum Gasteiger partial charge on any atom is 0.479 e. The van der Waals surface area contributed by atoms with Gasteiger partial charge in [-0.3, -0.25) is 0 Å². The van der Waals surface area contributed by atoms with Crippen molar-refractivity contribution < 1.29 is 21.9 Å². The molecule has 9 heteroatoms. The largest absolute Gasteiger partial charge is 0.479 e. The second-order valence-electron chi connectivity index (χ2n) is 10.4. The van der Waals surface area contributed by atoms with Crippen molar-refractivity contribution in [1.82, 2.24) is 0 Å². The Hall–Kier alpha value is -0.0425. The summed E-state index contributed by atoms with van der Waals surface area (Å²) in [5.74, 6) is -0.394. The van der Waals surface area contributed by atoms with Crippen LogP contribution in [0.1, 0.15) is 20.8 Å². The molecular weight excluding hydrogens is 397 g/mol. The van der Waals surface area contributed by atoms with Crippen molar-refractivity contribution in [3.05, 3.63) is 12.2 Å². The summed E-state index contributed by atoms with van der Waals surface area (Å²) >= 11 is 0. The number of hydrogen-bond acceptors (Lipinski definition) is 5. The van der Waals surface area contributed by atoms with Crippen molar-refractivity contribution in [3.8, 4) is 0 Å². The number of ether oxygens (including phenoxy) is 1. The Bertz CT molecular complexity index is 472. The molecule has 0 aromatic carbocycles. The molecule has 0 aliphatic carbocycles. The minimum absolute atomic E-state index is 0.185. The Balaban J connectivity index is 6.10. The van der Waals surface area contributed by atoms with Crippen molar-refractivity contribution in [2.45, 2.75) is 84.7 Å². The highest BCUT2D eigenvalue weighted by atomic mass is 28.5.